The average Bonchev–Trinajstić information content (AvgIpc) is 2.90. The van der Waals surface area contributed by atoms with Gasteiger partial charge in [-0.1, -0.05) is 48.5 Å². The molecule has 0 aliphatic rings. The van der Waals surface area contributed by atoms with E-state index in [0.29, 0.717) is 10.4 Å². The minimum atomic E-state index is -4.73. The maximum absolute atomic E-state index is 13.7. The van der Waals surface area contributed by atoms with Crippen LogP contribution in [0.25, 0.3) is 0 Å². The van der Waals surface area contributed by atoms with Gasteiger partial charge in [-0.15, -0.1) is 0 Å². The van der Waals surface area contributed by atoms with Crippen molar-refractivity contribution in [1.29, 1.82) is 0 Å². The van der Waals surface area contributed by atoms with E-state index in [2.05, 4.69) is 5.32 Å². The molecular weight excluding hydrogens is 519 g/mol. The molecule has 2 amide bonds. The van der Waals surface area contributed by atoms with Crippen LogP contribution in [0.1, 0.15) is 23.6 Å². The zero-order valence-corrected chi connectivity index (χ0v) is 21.9. The van der Waals surface area contributed by atoms with E-state index in [9.17, 15) is 31.2 Å². The number of hydrogen-bond donors (Lipinski definition) is 1. The van der Waals surface area contributed by atoms with Crippen molar-refractivity contribution in [3.05, 3.63) is 95.6 Å². The van der Waals surface area contributed by atoms with Gasteiger partial charge in [0.25, 0.3) is 10.0 Å². The van der Waals surface area contributed by atoms with Crippen molar-refractivity contribution in [2.24, 2.45) is 0 Å². The van der Waals surface area contributed by atoms with E-state index < -0.39 is 46.2 Å². The van der Waals surface area contributed by atoms with Crippen LogP contribution in [0, 0.1) is 6.92 Å². The van der Waals surface area contributed by atoms with Crippen molar-refractivity contribution >= 4 is 27.5 Å². The van der Waals surface area contributed by atoms with Crippen molar-refractivity contribution in [1.82, 2.24) is 10.2 Å². The zero-order valence-electron chi connectivity index (χ0n) is 21.1. The third-order valence-electron chi connectivity index (χ3n) is 6.09. The molecule has 3 aromatic carbocycles. The number of hydrogen-bond acceptors (Lipinski definition) is 4. The third-order valence-corrected chi connectivity index (χ3v) is 7.88. The number of carbonyl (C=O) groups excluding carboxylic acids is 2. The van der Waals surface area contributed by atoms with Crippen LogP contribution in [0.4, 0.5) is 18.9 Å². The Labute approximate surface area is 219 Å². The van der Waals surface area contributed by atoms with Gasteiger partial charge in [-0.3, -0.25) is 13.9 Å². The normalized spacial score (nSPS) is 12.5. The van der Waals surface area contributed by atoms with Crippen LogP contribution < -0.4 is 9.62 Å². The van der Waals surface area contributed by atoms with Crippen LogP contribution in [-0.2, 0) is 32.3 Å². The summed E-state index contributed by atoms with van der Waals surface area (Å²) in [6.07, 6.45) is -4.73. The third kappa shape index (κ3) is 6.52. The van der Waals surface area contributed by atoms with Gasteiger partial charge in [0.05, 0.1) is 16.1 Å². The molecule has 0 saturated carbocycles. The lowest BCUT2D eigenvalue weighted by Crippen LogP contribution is -2.50. The van der Waals surface area contributed by atoms with Crippen LogP contribution >= 0.6 is 0 Å². The van der Waals surface area contributed by atoms with Crippen LogP contribution in [0.2, 0.25) is 0 Å². The SMILES string of the molecule is CNC(=O)[C@H](C)N(Cc1ccccc1C)C(=O)CN(c1cccc(C(F)(F)F)c1)S(=O)(=O)c1ccccc1. The monoisotopic (exact) mass is 547 g/mol. The first kappa shape index (κ1) is 28.7. The molecule has 0 radical (unpaired) electrons. The minimum absolute atomic E-state index is 0.0120. The van der Waals surface area contributed by atoms with Gasteiger partial charge < -0.3 is 10.2 Å². The van der Waals surface area contributed by atoms with E-state index in [-0.39, 0.29) is 17.1 Å². The number of likely N-dealkylation sites (N-methyl/N-ethyl adjacent to an activating group) is 1. The van der Waals surface area contributed by atoms with E-state index in [1.54, 1.807) is 18.2 Å². The molecular formula is C27H28F3N3O4S. The number of rotatable bonds is 9. The maximum atomic E-state index is 13.7. The Morgan fingerprint density at radius 2 is 1.58 bits per heavy atom. The molecule has 1 atom stereocenters. The highest BCUT2D eigenvalue weighted by Crippen LogP contribution is 2.33. The number of benzene rings is 3. The van der Waals surface area contributed by atoms with Gasteiger partial charge in [0.1, 0.15) is 12.6 Å². The highest BCUT2D eigenvalue weighted by atomic mass is 32.2. The Hall–Kier alpha value is -3.86. The Morgan fingerprint density at radius 3 is 2.18 bits per heavy atom. The lowest BCUT2D eigenvalue weighted by atomic mass is 10.1. The van der Waals surface area contributed by atoms with E-state index in [1.165, 1.54) is 49.2 Å². The number of halogens is 3. The fourth-order valence-corrected chi connectivity index (χ4v) is 5.28. The predicted molar refractivity (Wildman–Crippen MR) is 138 cm³/mol. The lowest BCUT2D eigenvalue weighted by Gasteiger charge is -2.32. The second-order valence-electron chi connectivity index (χ2n) is 8.61. The quantitative estimate of drug-likeness (QED) is 0.431. The van der Waals surface area contributed by atoms with Gasteiger partial charge >= 0.3 is 6.18 Å². The number of amides is 2. The van der Waals surface area contributed by atoms with Gasteiger partial charge in [0, 0.05) is 13.6 Å². The maximum Gasteiger partial charge on any atom is 0.416 e. The molecule has 7 nitrogen and oxygen atoms in total. The number of nitrogens with one attached hydrogen (secondary N) is 1. The lowest BCUT2D eigenvalue weighted by molar-refractivity contribution is -0.139. The molecule has 0 bridgehead atoms. The van der Waals surface area contributed by atoms with Gasteiger partial charge in [-0.25, -0.2) is 8.42 Å². The van der Waals surface area contributed by atoms with Crippen LogP contribution in [0.3, 0.4) is 0 Å². The van der Waals surface area contributed by atoms with E-state index >= 15 is 0 Å². The minimum Gasteiger partial charge on any atom is -0.357 e. The van der Waals surface area contributed by atoms with E-state index in [0.717, 1.165) is 23.3 Å². The largest absolute Gasteiger partial charge is 0.416 e. The summed E-state index contributed by atoms with van der Waals surface area (Å²) < 4.78 is 68.3. The molecule has 3 rings (SSSR count). The van der Waals surface area contributed by atoms with Crippen LogP contribution in [0.15, 0.2) is 83.8 Å². The standard InChI is InChI=1S/C27H28F3N3O4S/c1-19-10-7-8-11-21(19)17-32(20(2)26(35)31-3)25(34)18-33(38(36,37)24-14-5-4-6-15-24)23-13-9-12-22(16-23)27(28,29)30/h4-16,20H,17-18H2,1-3H3,(H,31,35)/t20-/m0/s1. The van der Waals surface area contributed by atoms with Crippen LogP contribution in [-0.4, -0.2) is 44.8 Å². The summed E-state index contributed by atoms with van der Waals surface area (Å²) in [7, 11) is -3.05. The first-order chi connectivity index (χ1) is 17.9. The summed E-state index contributed by atoms with van der Waals surface area (Å²) in [5, 5.41) is 2.48. The van der Waals surface area contributed by atoms with Crippen LogP contribution in [0.5, 0.6) is 0 Å². The molecule has 0 aliphatic heterocycles. The molecule has 3 aromatic rings. The second kappa shape index (κ2) is 11.7. The van der Waals surface area contributed by atoms with Crippen molar-refractivity contribution in [3.63, 3.8) is 0 Å². The predicted octanol–water partition coefficient (Wildman–Crippen LogP) is 4.37. The Kier molecular flexibility index (Phi) is 8.82. The molecule has 11 heteroatoms. The number of nitrogens with zero attached hydrogens (tertiary/aromatic N) is 2. The molecule has 1 N–H and O–H groups in total. The molecule has 0 heterocycles. The molecule has 0 unspecified atom stereocenters. The summed E-state index contributed by atoms with van der Waals surface area (Å²) in [5.74, 6) is -1.25. The van der Waals surface area contributed by atoms with Crippen molar-refractivity contribution < 1.29 is 31.2 Å². The van der Waals surface area contributed by atoms with E-state index in [1.807, 2.05) is 19.1 Å². The van der Waals surface area contributed by atoms with Gasteiger partial charge in [-0.2, -0.15) is 13.2 Å². The van der Waals surface area contributed by atoms with Gasteiger partial charge in [-0.05, 0) is 55.3 Å². The molecule has 202 valence electrons. The topological polar surface area (TPSA) is 86.8 Å². The zero-order chi connectivity index (χ0) is 28.1. The molecule has 0 spiro atoms. The molecule has 0 saturated heterocycles. The van der Waals surface area contributed by atoms with Gasteiger partial charge in [0.15, 0.2) is 0 Å². The molecule has 38 heavy (non-hydrogen) atoms. The summed E-state index contributed by atoms with van der Waals surface area (Å²) in [4.78, 5) is 27.2. The number of carbonyl (C=O) groups is 2. The fraction of sp³-hybridized carbons (Fsp3) is 0.259. The van der Waals surface area contributed by atoms with Crippen molar-refractivity contribution in [3.8, 4) is 0 Å². The summed E-state index contributed by atoms with van der Waals surface area (Å²) in [6.45, 7) is 2.49. The second-order valence-corrected chi connectivity index (χ2v) is 10.5. The summed E-state index contributed by atoms with van der Waals surface area (Å²) >= 11 is 0. The Bertz CT molecular complexity index is 1400. The number of aryl methyl sites for hydroxylation is 1. The van der Waals surface area contributed by atoms with Crippen molar-refractivity contribution in [2.75, 3.05) is 17.9 Å². The summed E-state index contributed by atoms with van der Waals surface area (Å²) in [5.41, 5.74) is 0.181. The van der Waals surface area contributed by atoms with Gasteiger partial charge in [0.2, 0.25) is 11.8 Å². The fourth-order valence-electron chi connectivity index (χ4n) is 3.85. The number of anilines is 1. The first-order valence-corrected chi connectivity index (χ1v) is 13.1. The average molecular weight is 548 g/mol. The van der Waals surface area contributed by atoms with Crippen molar-refractivity contribution in [2.45, 2.75) is 37.5 Å². The highest BCUT2D eigenvalue weighted by Gasteiger charge is 2.35. The number of sulfonamides is 1. The molecule has 0 aliphatic carbocycles. The Balaban J connectivity index is 2.09. The Morgan fingerprint density at radius 1 is 0.947 bits per heavy atom. The molecule has 0 aromatic heterocycles. The summed E-state index contributed by atoms with van der Waals surface area (Å²) in [6, 6.07) is 17.1. The smallest absolute Gasteiger partial charge is 0.357 e. The highest BCUT2D eigenvalue weighted by molar-refractivity contribution is 7.92. The number of alkyl halides is 3. The molecule has 0 fully saturated rings. The van der Waals surface area contributed by atoms with E-state index in [4.69, 9.17) is 0 Å². The first-order valence-electron chi connectivity index (χ1n) is 11.7.